The van der Waals surface area contributed by atoms with Gasteiger partial charge in [0.15, 0.2) is 6.73 Å². The number of rotatable bonds is 5. The second-order valence-electron chi connectivity index (χ2n) is 4.95. The van der Waals surface area contributed by atoms with Crippen LogP contribution in [0.4, 0.5) is 0 Å². The average molecular weight is 286 g/mol. The minimum Gasteiger partial charge on any atom is -0.481 e. The molecule has 0 aliphatic carbocycles. The summed E-state index contributed by atoms with van der Waals surface area (Å²) >= 11 is 0. The highest BCUT2D eigenvalue weighted by molar-refractivity contribution is 5.28. The maximum Gasteiger partial charge on any atom is 0.334 e. The number of benzene rings is 1. The van der Waals surface area contributed by atoms with Gasteiger partial charge >= 0.3 is 5.69 Å². The molecule has 0 radical (unpaired) electrons. The minimum absolute atomic E-state index is 0.0372. The molecule has 5 heteroatoms. The summed E-state index contributed by atoms with van der Waals surface area (Å²) in [4.78, 5) is 24.2. The Morgan fingerprint density at radius 3 is 2.48 bits per heavy atom. The van der Waals surface area contributed by atoms with Crippen molar-refractivity contribution in [1.82, 2.24) is 9.13 Å². The van der Waals surface area contributed by atoms with Crippen molar-refractivity contribution in [2.24, 2.45) is 0 Å². The van der Waals surface area contributed by atoms with E-state index < -0.39 is 5.69 Å². The molecule has 0 saturated heterocycles. The van der Waals surface area contributed by atoms with Gasteiger partial charge in [-0.1, -0.05) is 35.9 Å². The standard InChI is InChI=1S/C16H18N2O3/c1-4-21-11-17-6-5-15(19)18(16(17)20)10-14-8-12(2)7-13(3)9-14/h4-9H,1,10-11H2,2-3H3. The molecule has 0 fully saturated rings. The van der Waals surface area contributed by atoms with Crippen LogP contribution in [0.5, 0.6) is 0 Å². The molecule has 5 nitrogen and oxygen atoms in total. The second kappa shape index (κ2) is 6.26. The van der Waals surface area contributed by atoms with Crippen molar-refractivity contribution in [3.8, 4) is 0 Å². The van der Waals surface area contributed by atoms with Gasteiger partial charge in [0.25, 0.3) is 5.56 Å². The van der Waals surface area contributed by atoms with Crippen LogP contribution in [0.2, 0.25) is 0 Å². The Labute approximate surface area is 122 Å². The SMILES string of the molecule is C=COCn1ccc(=O)n(Cc2cc(C)cc(C)c2)c1=O. The van der Waals surface area contributed by atoms with Crippen LogP contribution in [0.25, 0.3) is 0 Å². The number of hydrogen-bond donors (Lipinski definition) is 0. The fourth-order valence-corrected chi connectivity index (χ4v) is 2.28. The van der Waals surface area contributed by atoms with E-state index in [0.717, 1.165) is 16.7 Å². The first-order valence-corrected chi connectivity index (χ1v) is 6.61. The van der Waals surface area contributed by atoms with Gasteiger partial charge in [-0.3, -0.25) is 13.9 Å². The van der Waals surface area contributed by atoms with Gasteiger partial charge < -0.3 is 4.74 Å². The van der Waals surface area contributed by atoms with Crippen molar-refractivity contribution < 1.29 is 4.74 Å². The Hall–Kier alpha value is -2.56. The van der Waals surface area contributed by atoms with E-state index >= 15 is 0 Å². The molecular weight excluding hydrogens is 268 g/mol. The molecule has 0 amide bonds. The Morgan fingerprint density at radius 2 is 1.86 bits per heavy atom. The minimum atomic E-state index is -0.400. The van der Waals surface area contributed by atoms with Gasteiger partial charge in [-0.15, -0.1) is 0 Å². The summed E-state index contributed by atoms with van der Waals surface area (Å²) in [5.41, 5.74) is 2.40. The largest absolute Gasteiger partial charge is 0.481 e. The predicted octanol–water partition coefficient (Wildman–Crippen LogP) is 1.79. The van der Waals surface area contributed by atoms with Gasteiger partial charge in [-0.05, 0) is 19.4 Å². The summed E-state index contributed by atoms with van der Waals surface area (Å²) in [5.74, 6) is 0. The van der Waals surface area contributed by atoms with E-state index in [2.05, 4.69) is 6.58 Å². The van der Waals surface area contributed by atoms with Crippen LogP contribution in [0.1, 0.15) is 16.7 Å². The molecule has 0 saturated carbocycles. The highest BCUT2D eigenvalue weighted by Crippen LogP contribution is 2.09. The molecule has 0 unspecified atom stereocenters. The third-order valence-corrected chi connectivity index (χ3v) is 3.09. The van der Waals surface area contributed by atoms with Gasteiger partial charge in [0.1, 0.15) is 0 Å². The fourth-order valence-electron chi connectivity index (χ4n) is 2.28. The van der Waals surface area contributed by atoms with Crippen LogP contribution in [0, 0.1) is 13.8 Å². The van der Waals surface area contributed by atoms with Crippen molar-refractivity contribution in [3.63, 3.8) is 0 Å². The van der Waals surface area contributed by atoms with E-state index in [1.807, 2.05) is 32.0 Å². The molecule has 1 aromatic heterocycles. The van der Waals surface area contributed by atoms with Gasteiger partial charge in [0, 0.05) is 12.3 Å². The molecule has 1 heterocycles. The van der Waals surface area contributed by atoms with Gasteiger partial charge in [0.05, 0.1) is 12.8 Å². The maximum absolute atomic E-state index is 12.3. The molecule has 0 N–H and O–H groups in total. The van der Waals surface area contributed by atoms with Crippen LogP contribution in [0.3, 0.4) is 0 Å². The van der Waals surface area contributed by atoms with Crippen LogP contribution in [-0.4, -0.2) is 9.13 Å². The number of aryl methyl sites for hydroxylation is 2. The summed E-state index contributed by atoms with van der Waals surface area (Å²) in [6.45, 7) is 7.68. The third-order valence-electron chi connectivity index (χ3n) is 3.09. The Kier molecular flexibility index (Phi) is 4.42. The Balaban J connectivity index is 2.41. The second-order valence-corrected chi connectivity index (χ2v) is 4.95. The third kappa shape index (κ3) is 3.51. The van der Waals surface area contributed by atoms with Gasteiger partial charge in [-0.2, -0.15) is 0 Å². The highest BCUT2D eigenvalue weighted by Gasteiger charge is 2.06. The predicted molar refractivity (Wildman–Crippen MR) is 81.3 cm³/mol. The molecule has 0 aliphatic rings. The lowest BCUT2D eigenvalue weighted by Crippen LogP contribution is -2.39. The zero-order valence-electron chi connectivity index (χ0n) is 12.2. The lowest BCUT2D eigenvalue weighted by Gasteiger charge is -2.10. The monoisotopic (exact) mass is 286 g/mol. The molecule has 0 atom stereocenters. The summed E-state index contributed by atoms with van der Waals surface area (Å²) in [7, 11) is 0. The van der Waals surface area contributed by atoms with Crippen molar-refractivity contribution in [1.29, 1.82) is 0 Å². The molecule has 2 aromatic rings. The van der Waals surface area contributed by atoms with Crippen LogP contribution in [-0.2, 0) is 18.0 Å². The molecule has 2 rings (SSSR count). The summed E-state index contributed by atoms with van der Waals surface area (Å²) in [6, 6.07) is 7.34. The molecule has 1 aromatic carbocycles. The lowest BCUT2D eigenvalue weighted by atomic mass is 10.1. The zero-order valence-corrected chi connectivity index (χ0v) is 12.2. The Morgan fingerprint density at radius 1 is 1.19 bits per heavy atom. The number of ether oxygens (including phenoxy) is 1. The van der Waals surface area contributed by atoms with E-state index in [4.69, 9.17) is 4.74 Å². The van der Waals surface area contributed by atoms with E-state index in [9.17, 15) is 9.59 Å². The summed E-state index contributed by atoms with van der Waals surface area (Å²) in [5, 5.41) is 0. The van der Waals surface area contributed by atoms with Crippen LogP contribution < -0.4 is 11.2 Å². The number of aromatic nitrogens is 2. The fraction of sp³-hybridized carbons (Fsp3) is 0.250. The molecule has 110 valence electrons. The first kappa shape index (κ1) is 14.8. The van der Waals surface area contributed by atoms with Crippen LogP contribution in [0.15, 0.2) is 52.9 Å². The summed E-state index contributed by atoms with van der Waals surface area (Å²) in [6.07, 6.45) is 2.68. The molecule has 0 bridgehead atoms. The Bertz CT molecular complexity index is 752. The molecular formula is C16H18N2O3. The number of hydrogen-bond acceptors (Lipinski definition) is 3. The normalized spacial score (nSPS) is 10.4. The smallest absolute Gasteiger partial charge is 0.334 e. The zero-order chi connectivity index (χ0) is 15.4. The topological polar surface area (TPSA) is 53.2 Å². The van der Waals surface area contributed by atoms with Crippen molar-refractivity contribution >= 4 is 0 Å². The van der Waals surface area contributed by atoms with Crippen molar-refractivity contribution in [2.45, 2.75) is 27.1 Å². The first-order chi connectivity index (χ1) is 10.0. The van der Waals surface area contributed by atoms with Crippen molar-refractivity contribution in [3.05, 3.63) is 80.8 Å². The molecule has 0 aliphatic heterocycles. The molecule has 21 heavy (non-hydrogen) atoms. The van der Waals surface area contributed by atoms with E-state index in [1.165, 1.54) is 27.7 Å². The van der Waals surface area contributed by atoms with Gasteiger partial charge in [0.2, 0.25) is 0 Å². The van der Waals surface area contributed by atoms with E-state index in [-0.39, 0.29) is 18.8 Å². The summed E-state index contributed by atoms with van der Waals surface area (Å²) < 4.78 is 7.52. The van der Waals surface area contributed by atoms with E-state index in [0.29, 0.717) is 0 Å². The lowest BCUT2D eigenvalue weighted by molar-refractivity contribution is 0.169. The highest BCUT2D eigenvalue weighted by atomic mass is 16.5. The van der Waals surface area contributed by atoms with Gasteiger partial charge in [-0.25, -0.2) is 4.79 Å². The molecule has 0 spiro atoms. The number of nitrogens with zero attached hydrogens (tertiary/aromatic N) is 2. The maximum atomic E-state index is 12.3. The van der Waals surface area contributed by atoms with Crippen molar-refractivity contribution in [2.75, 3.05) is 0 Å². The average Bonchev–Trinajstić information content (AvgIpc) is 2.41. The van der Waals surface area contributed by atoms with Crippen LogP contribution >= 0.6 is 0 Å². The van der Waals surface area contributed by atoms with E-state index in [1.54, 1.807) is 0 Å². The first-order valence-electron chi connectivity index (χ1n) is 6.61. The quantitative estimate of drug-likeness (QED) is 0.787.